The normalized spacial score (nSPS) is 12.9. The van der Waals surface area contributed by atoms with E-state index in [4.69, 9.17) is 11.0 Å². The molecule has 0 aliphatic carbocycles. The fourth-order valence-electron chi connectivity index (χ4n) is 17.5. The molecule has 0 saturated heterocycles. The Hall–Kier alpha value is -11.6. The zero-order chi connectivity index (χ0) is 88.7. The van der Waals surface area contributed by atoms with E-state index in [2.05, 4.69) is 362 Å². The summed E-state index contributed by atoms with van der Waals surface area (Å²) in [6.07, 6.45) is 0. The predicted molar refractivity (Wildman–Crippen MR) is 525 cm³/mol. The van der Waals surface area contributed by atoms with Gasteiger partial charge in [-0.2, -0.15) is 0 Å². The molecule has 4 heterocycles. The van der Waals surface area contributed by atoms with Crippen LogP contribution in [0.15, 0.2) is 352 Å². The van der Waals surface area contributed by atoms with Gasteiger partial charge in [0.2, 0.25) is 0 Å². The third-order valence-corrected chi connectivity index (χ3v) is 27.0. The van der Waals surface area contributed by atoms with Gasteiger partial charge in [-0.25, -0.2) is 0 Å². The molecule has 0 amide bonds. The average Bonchev–Trinajstić information content (AvgIpc) is 1.30. The van der Waals surface area contributed by atoms with E-state index in [0.29, 0.717) is 22.3 Å². The van der Waals surface area contributed by atoms with Crippen molar-refractivity contribution >= 4 is 126 Å². The Morgan fingerprint density at radius 1 is 0.203 bits per heavy atom. The molecule has 16 aromatic carbocycles. The van der Waals surface area contributed by atoms with Gasteiger partial charge >= 0.3 is 0 Å². The third kappa shape index (κ3) is 15.5. The van der Waals surface area contributed by atoms with Crippen molar-refractivity contribution in [3.8, 4) is 89.0 Å². The zero-order valence-corrected chi connectivity index (χ0v) is 72.8. The van der Waals surface area contributed by atoms with Crippen molar-refractivity contribution in [2.75, 3.05) is 0 Å². The highest BCUT2D eigenvalue weighted by Gasteiger charge is 2.30. The number of hydrogen-bond acceptors (Lipinski definition) is 4. The summed E-state index contributed by atoms with van der Waals surface area (Å²) in [7, 11) is 0. The minimum absolute atomic E-state index is 0.0236. The molecule has 0 spiro atoms. The molecule has 0 saturated carbocycles. The molecule has 4 aromatic heterocycles. The molecule has 0 atom stereocenters. The maximum absolute atomic E-state index is 8.78. The first kappa shape index (κ1) is 69.5. The van der Waals surface area contributed by atoms with Crippen LogP contribution in [0.4, 0.5) is 0 Å². The van der Waals surface area contributed by atoms with Gasteiger partial charge in [0.15, 0.2) is 0 Å². The van der Waals surface area contributed by atoms with Crippen LogP contribution in [0.3, 0.4) is 0 Å². The number of hydrogen-bond donors (Lipinski definition) is 0. The van der Waals surface area contributed by atoms with E-state index in [1.54, 1.807) is 36.5 Å². The first-order chi connectivity index (χ1) is 60.3. The highest BCUT2D eigenvalue weighted by atomic mass is 32.1. The van der Waals surface area contributed by atoms with E-state index in [9.17, 15) is 0 Å². The van der Waals surface area contributed by atoms with Crippen molar-refractivity contribution < 1.29 is 11.0 Å². The lowest BCUT2D eigenvalue weighted by molar-refractivity contribution is 0.593. The largest absolute Gasteiger partial charge is 0.135 e. The fourth-order valence-corrected chi connectivity index (χ4v) is 22.3. The van der Waals surface area contributed by atoms with Gasteiger partial charge in [0.1, 0.15) is 0 Å². The maximum atomic E-state index is 8.78. The van der Waals surface area contributed by atoms with E-state index in [0.717, 1.165) is 44.5 Å². The monoisotopic (exact) mass is 1600 g/mol. The Morgan fingerprint density at radius 3 is 0.797 bits per heavy atom. The first-order valence-corrected chi connectivity index (χ1v) is 44.0. The Morgan fingerprint density at radius 2 is 0.449 bits per heavy atom. The summed E-state index contributed by atoms with van der Waals surface area (Å²) in [5, 5.41) is 10.4. The van der Waals surface area contributed by atoms with Gasteiger partial charge in [0.05, 0.1) is 11.0 Å². The summed E-state index contributed by atoms with van der Waals surface area (Å²) < 4.78 is 78.3. The van der Waals surface area contributed by atoms with E-state index >= 15 is 0 Å². The van der Waals surface area contributed by atoms with Crippen molar-refractivity contribution in [3.05, 3.63) is 385 Å². The zero-order valence-electron chi connectivity index (χ0n) is 77.5. The molecule has 580 valence electrons. The Kier molecular flexibility index (Phi) is 19.1. The van der Waals surface area contributed by atoms with Crippen LogP contribution in [0.2, 0.25) is 0 Å². The van der Waals surface area contributed by atoms with Crippen LogP contribution >= 0.6 is 45.3 Å². The lowest BCUT2D eigenvalue weighted by Gasteiger charge is -2.27. The highest BCUT2D eigenvalue weighted by molar-refractivity contribution is 7.27. The second-order valence-electron chi connectivity index (χ2n) is 34.8. The Bertz CT molecular complexity index is 7550. The minimum atomic E-state index is -0.283. The fraction of sp³-hybridized carbons (Fsp3) is 0.158. The number of rotatable bonds is 8. The molecule has 20 aromatic rings. The van der Waals surface area contributed by atoms with E-state index in [1.165, 1.54) is 136 Å². The lowest BCUT2D eigenvalue weighted by atomic mass is 9.76. The Labute approximate surface area is 724 Å². The van der Waals surface area contributed by atoms with Gasteiger partial charge < -0.3 is 0 Å². The second-order valence-corrected chi connectivity index (χ2v) is 39.0. The van der Waals surface area contributed by atoms with Crippen LogP contribution < -0.4 is 0 Å². The van der Waals surface area contributed by atoms with Gasteiger partial charge in [-0.15, -0.1) is 45.3 Å². The third-order valence-electron chi connectivity index (χ3n) is 22.2. The summed E-state index contributed by atoms with van der Waals surface area (Å²) in [5.41, 5.74) is 22.8. The van der Waals surface area contributed by atoms with Gasteiger partial charge in [-0.1, -0.05) is 409 Å². The standard InChI is InChI=1S/2C29H26S.2C28H24S/c1-19-10-7-11-20(18-19)21-13-8-15-23(28(21)29(2,3)4)22-14-9-17-26-27(22)24-12-5-6-16-25(24)30-26;1-19-10-7-11-20(18-19)21-13-8-14-23(27(21)29(2,3)4)25-16-9-15-24-22-12-5-6-17-26(22)30-28(24)25;1-28(2,3)27-20(19-11-5-4-6-12-19)14-9-16-22(27)21-15-10-18-25-26(21)23-13-7-8-17-24(23)29-25;1-28(2,3)26-20(19-11-5-4-6-12-19)14-9-15-22(26)24-17-10-16-23-21-13-7-8-18-25(21)29-27(23)24/h2*5-18H,1-4H3;2*4-18H,1-3H3/i2*7D,10D,11D,18D;;. The molecule has 0 N–H and O–H groups in total. The van der Waals surface area contributed by atoms with Crippen LogP contribution in [0.5, 0.6) is 0 Å². The van der Waals surface area contributed by atoms with Crippen molar-refractivity contribution in [1.82, 2.24) is 0 Å². The SMILES string of the molecule is CC(C)(C)c1c(-c2ccccc2)cccc1-c1cccc2c1sc1ccccc12.CC(C)(C)c1c(-c2ccccc2)cccc1-c1cccc2sc3ccccc3c12.[2H]c1c([2H])c(C)c([2H])c(-c2cccc(-c3cccc4c3sc3ccccc34)c2C(C)(C)C)c1[2H].[2H]c1c([2H])c(C)c([2H])c(-c2cccc(-c3cccc4sc5ccccc5c34)c2C(C)(C)C)c1[2H]. The molecule has 0 aliphatic heterocycles. The summed E-state index contributed by atoms with van der Waals surface area (Å²) in [6.45, 7) is 30.3. The van der Waals surface area contributed by atoms with Crippen LogP contribution in [-0.4, -0.2) is 0 Å². The number of fused-ring (bicyclic) bond motifs is 12. The summed E-state index contributed by atoms with van der Waals surface area (Å²) in [4.78, 5) is 0. The summed E-state index contributed by atoms with van der Waals surface area (Å²) in [5.74, 6) is 0. The van der Waals surface area contributed by atoms with Crippen LogP contribution in [-0.2, 0) is 21.7 Å². The van der Waals surface area contributed by atoms with Crippen molar-refractivity contribution in [3.63, 3.8) is 0 Å². The van der Waals surface area contributed by atoms with Crippen molar-refractivity contribution in [2.45, 2.75) is 119 Å². The molecular formula is C114H100S4. The van der Waals surface area contributed by atoms with Crippen molar-refractivity contribution in [2.24, 2.45) is 0 Å². The van der Waals surface area contributed by atoms with Crippen molar-refractivity contribution in [1.29, 1.82) is 0 Å². The first-order valence-electron chi connectivity index (χ1n) is 44.7. The molecule has 0 radical (unpaired) electrons. The molecule has 0 unspecified atom stereocenters. The smallest absolute Gasteiger partial charge is 0.0632 e. The van der Waals surface area contributed by atoms with E-state index in [1.807, 2.05) is 46.9 Å². The average molecular weight is 1610 g/mol. The van der Waals surface area contributed by atoms with E-state index in [-0.39, 0.29) is 70.0 Å². The van der Waals surface area contributed by atoms with Crippen LogP contribution in [0.25, 0.3) is 170 Å². The molecule has 0 bridgehead atoms. The quantitative estimate of drug-likeness (QED) is 0.142. The molecular weight excluding hydrogens is 1500 g/mol. The Balaban J connectivity index is 0.000000119. The number of thiophene rings is 4. The molecule has 118 heavy (non-hydrogen) atoms. The number of benzene rings is 16. The van der Waals surface area contributed by atoms with Gasteiger partial charge in [0.25, 0.3) is 0 Å². The van der Waals surface area contributed by atoms with Gasteiger partial charge in [-0.3, -0.25) is 0 Å². The summed E-state index contributed by atoms with van der Waals surface area (Å²) >= 11 is 7.37. The molecule has 0 nitrogen and oxygen atoms in total. The predicted octanol–water partition coefficient (Wildman–Crippen LogP) is 35.4. The molecule has 0 fully saturated rings. The highest BCUT2D eigenvalue weighted by Crippen LogP contribution is 2.52. The van der Waals surface area contributed by atoms with Gasteiger partial charge in [0, 0.05) is 80.7 Å². The minimum Gasteiger partial charge on any atom is -0.135 e. The molecule has 20 rings (SSSR count). The maximum Gasteiger partial charge on any atom is 0.0632 e. The lowest BCUT2D eigenvalue weighted by Crippen LogP contribution is -2.14. The van der Waals surface area contributed by atoms with Gasteiger partial charge in [-0.05, 0) is 183 Å². The van der Waals surface area contributed by atoms with E-state index < -0.39 is 0 Å². The van der Waals surface area contributed by atoms with Crippen LogP contribution in [0.1, 0.15) is 127 Å². The second kappa shape index (κ2) is 32.4. The molecule has 4 heteroatoms. The molecule has 0 aliphatic rings. The summed E-state index contributed by atoms with van der Waals surface area (Å²) in [6, 6.07) is 108. The topological polar surface area (TPSA) is 0 Å². The van der Waals surface area contributed by atoms with Crippen LogP contribution in [0, 0.1) is 13.8 Å².